The van der Waals surface area contributed by atoms with Gasteiger partial charge in [0, 0.05) is 7.05 Å². The van der Waals surface area contributed by atoms with Crippen molar-refractivity contribution in [3.8, 4) is 11.4 Å². The molecule has 0 radical (unpaired) electrons. The predicted molar refractivity (Wildman–Crippen MR) is 88.5 cm³/mol. The molecule has 2 aromatic rings. The number of likely N-dealkylation sites (N-methyl/N-ethyl adjacent to an activating group) is 1. The number of amides is 1. The molecular weight excluding hydrogens is 310 g/mol. The van der Waals surface area contributed by atoms with Gasteiger partial charge in [-0.25, -0.2) is 9.48 Å². The Kier molecular flexibility index (Phi) is 5.57. The van der Waals surface area contributed by atoms with Crippen LogP contribution in [0, 0.1) is 0 Å². The first-order valence-corrected chi connectivity index (χ1v) is 7.73. The van der Waals surface area contributed by atoms with E-state index in [1.54, 1.807) is 10.9 Å². The number of carbonyl (C=O) groups is 2. The zero-order valence-electron chi connectivity index (χ0n) is 14.0. The first kappa shape index (κ1) is 17.5. The topological polar surface area (TPSA) is 84.7 Å². The summed E-state index contributed by atoms with van der Waals surface area (Å²) in [6, 6.07) is 8.37. The fraction of sp³-hybridized carbons (Fsp3) is 0.353. The van der Waals surface area contributed by atoms with Crippen molar-refractivity contribution in [2.24, 2.45) is 0 Å². The van der Waals surface area contributed by atoms with E-state index in [2.05, 4.69) is 5.10 Å². The SMILES string of the molecule is CCCOc1cn(-c2ccccc2)nc1C(=O)N(C)C(C)C(=O)O. The third-order valence-corrected chi connectivity index (χ3v) is 3.62. The highest BCUT2D eigenvalue weighted by atomic mass is 16.5. The Morgan fingerprint density at radius 1 is 1.33 bits per heavy atom. The van der Waals surface area contributed by atoms with Crippen LogP contribution in [0.5, 0.6) is 5.75 Å². The second-order valence-corrected chi connectivity index (χ2v) is 5.40. The normalized spacial score (nSPS) is 11.8. The van der Waals surface area contributed by atoms with Crippen molar-refractivity contribution >= 4 is 11.9 Å². The summed E-state index contributed by atoms with van der Waals surface area (Å²) in [4.78, 5) is 24.9. The van der Waals surface area contributed by atoms with Gasteiger partial charge in [0.05, 0.1) is 18.5 Å². The zero-order chi connectivity index (χ0) is 17.7. The molecule has 0 aliphatic heterocycles. The highest BCUT2D eigenvalue weighted by Gasteiger charge is 2.28. The largest absolute Gasteiger partial charge is 0.489 e. The standard InChI is InChI=1S/C17H21N3O4/c1-4-10-24-14-11-20(13-8-6-5-7-9-13)18-15(14)16(21)19(3)12(2)17(22)23/h5-9,11-12H,4,10H2,1-3H3,(H,22,23). The Hall–Kier alpha value is -2.83. The van der Waals surface area contributed by atoms with Crippen LogP contribution in [0.4, 0.5) is 0 Å². The number of carboxylic acid groups (broad SMARTS) is 1. The lowest BCUT2D eigenvalue weighted by molar-refractivity contribution is -0.141. The number of hydrogen-bond acceptors (Lipinski definition) is 4. The Morgan fingerprint density at radius 2 is 2.00 bits per heavy atom. The Labute approximate surface area is 140 Å². The molecule has 1 amide bonds. The summed E-state index contributed by atoms with van der Waals surface area (Å²) in [5, 5.41) is 13.4. The quantitative estimate of drug-likeness (QED) is 0.841. The molecule has 1 N–H and O–H groups in total. The number of para-hydroxylation sites is 1. The van der Waals surface area contributed by atoms with E-state index >= 15 is 0 Å². The smallest absolute Gasteiger partial charge is 0.326 e. The van der Waals surface area contributed by atoms with E-state index in [-0.39, 0.29) is 5.69 Å². The molecule has 128 valence electrons. The lowest BCUT2D eigenvalue weighted by Crippen LogP contribution is -2.40. The molecular formula is C17H21N3O4. The number of benzene rings is 1. The minimum absolute atomic E-state index is 0.0999. The molecule has 0 bridgehead atoms. The lowest BCUT2D eigenvalue weighted by Gasteiger charge is -2.20. The molecule has 0 saturated heterocycles. The van der Waals surface area contributed by atoms with E-state index in [9.17, 15) is 9.59 Å². The summed E-state index contributed by atoms with van der Waals surface area (Å²) in [7, 11) is 1.44. The van der Waals surface area contributed by atoms with E-state index < -0.39 is 17.9 Å². The number of aliphatic carboxylic acids is 1. The molecule has 1 atom stereocenters. The van der Waals surface area contributed by atoms with Gasteiger partial charge in [-0.3, -0.25) is 4.79 Å². The zero-order valence-corrected chi connectivity index (χ0v) is 14.0. The summed E-state index contributed by atoms with van der Waals surface area (Å²) in [6.07, 6.45) is 2.42. The van der Waals surface area contributed by atoms with Gasteiger partial charge in [0.1, 0.15) is 6.04 Å². The molecule has 24 heavy (non-hydrogen) atoms. The molecule has 0 aliphatic rings. The fourth-order valence-corrected chi connectivity index (χ4v) is 2.05. The highest BCUT2D eigenvalue weighted by Crippen LogP contribution is 2.22. The number of nitrogens with zero attached hydrogens (tertiary/aromatic N) is 3. The highest BCUT2D eigenvalue weighted by molar-refractivity contribution is 5.97. The van der Waals surface area contributed by atoms with Crippen molar-refractivity contribution in [3.63, 3.8) is 0 Å². The molecule has 0 spiro atoms. The average molecular weight is 331 g/mol. The minimum atomic E-state index is -1.08. The summed E-state index contributed by atoms with van der Waals surface area (Å²) >= 11 is 0. The first-order chi connectivity index (χ1) is 11.5. The number of ether oxygens (including phenoxy) is 1. The van der Waals surface area contributed by atoms with Crippen molar-refractivity contribution in [1.29, 1.82) is 0 Å². The number of hydrogen-bond donors (Lipinski definition) is 1. The fourth-order valence-electron chi connectivity index (χ4n) is 2.05. The molecule has 7 heteroatoms. The third kappa shape index (κ3) is 3.73. The summed E-state index contributed by atoms with van der Waals surface area (Å²) in [5.74, 6) is -1.23. The Balaban J connectivity index is 2.38. The summed E-state index contributed by atoms with van der Waals surface area (Å²) in [5.41, 5.74) is 0.884. The summed E-state index contributed by atoms with van der Waals surface area (Å²) in [6.45, 7) is 3.85. The molecule has 7 nitrogen and oxygen atoms in total. The van der Waals surface area contributed by atoms with Crippen molar-refractivity contribution in [2.75, 3.05) is 13.7 Å². The Morgan fingerprint density at radius 3 is 2.58 bits per heavy atom. The molecule has 1 aromatic carbocycles. The maximum absolute atomic E-state index is 12.6. The molecule has 0 saturated carbocycles. The van der Waals surface area contributed by atoms with Crippen LogP contribution in [-0.2, 0) is 4.79 Å². The maximum atomic E-state index is 12.6. The van der Waals surface area contributed by atoms with Gasteiger partial charge in [0.2, 0.25) is 0 Å². The molecule has 0 aliphatic carbocycles. The van der Waals surface area contributed by atoms with Crippen molar-refractivity contribution in [1.82, 2.24) is 14.7 Å². The van der Waals surface area contributed by atoms with E-state index in [1.165, 1.54) is 14.0 Å². The van der Waals surface area contributed by atoms with Gasteiger partial charge in [-0.05, 0) is 25.5 Å². The van der Waals surface area contributed by atoms with Gasteiger partial charge in [-0.2, -0.15) is 5.10 Å². The van der Waals surface area contributed by atoms with Crippen LogP contribution in [0.1, 0.15) is 30.8 Å². The molecule has 1 heterocycles. The van der Waals surface area contributed by atoms with Gasteiger partial charge < -0.3 is 14.7 Å². The minimum Gasteiger partial charge on any atom is -0.489 e. The van der Waals surface area contributed by atoms with Crippen LogP contribution in [0.3, 0.4) is 0 Å². The van der Waals surface area contributed by atoms with E-state index in [4.69, 9.17) is 9.84 Å². The van der Waals surface area contributed by atoms with Crippen molar-refractivity contribution in [3.05, 3.63) is 42.2 Å². The maximum Gasteiger partial charge on any atom is 0.326 e. The molecule has 1 aromatic heterocycles. The third-order valence-electron chi connectivity index (χ3n) is 3.62. The van der Waals surface area contributed by atoms with Gasteiger partial charge in [-0.15, -0.1) is 0 Å². The number of rotatable bonds is 7. The van der Waals surface area contributed by atoms with Gasteiger partial charge in [-0.1, -0.05) is 25.1 Å². The summed E-state index contributed by atoms with van der Waals surface area (Å²) < 4.78 is 7.17. The van der Waals surface area contributed by atoms with Gasteiger partial charge in [0.25, 0.3) is 5.91 Å². The van der Waals surface area contributed by atoms with E-state index in [0.717, 1.165) is 17.0 Å². The second-order valence-electron chi connectivity index (χ2n) is 5.40. The second kappa shape index (κ2) is 7.63. The average Bonchev–Trinajstić information content (AvgIpc) is 3.02. The first-order valence-electron chi connectivity index (χ1n) is 7.73. The van der Waals surface area contributed by atoms with E-state index in [0.29, 0.717) is 12.4 Å². The van der Waals surface area contributed by atoms with Crippen LogP contribution in [0.25, 0.3) is 5.69 Å². The Bertz CT molecular complexity index is 712. The van der Waals surface area contributed by atoms with E-state index in [1.807, 2.05) is 37.3 Å². The van der Waals surface area contributed by atoms with Crippen LogP contribution < -0.4 is 4.74 Å². The van der Waals surface area contributed by atoms with Crippen molar-refractivity contribution in [2.45, 2.75) is 26.3 Å². The van der Waals surface area contributed by atoms with Gasteiger partial charge in [0.15, 0.2) is 11.4 Å². The monoisotopic (exact) mass is 331 g/mol. The van der Waals surface area contributed by atoms with Crippen LogP contribution >= 0.6 is 0 Å². The number of carboxylic acids is 1. The van der Waals surface area contributed by atoms with Crippen molar-refractivity contribution < 1.29 is 19.4 Å². The predicted octanol–water partition coefficient (Wildman–Crippen LogP) is 2.21. The van der Waals surface area contributed by atoms with Crippen LogP contribution in [0.15, 0.2) is 36.5 Å². The number of aromatic nitrogens is 2. The lowest BCUT2D eigenvalue weighted by atomic mass is 10.2. The molecule has 0 fully saturated rings. The number of carbonyl (C=O) groups excluding carboxylic acids is 1. The molecule has 1 unspecified atom stereocenters. The molecule has 2 rings (SSSR count). The van der Waals surface area contributed by atoms with Crippen LogP contribution in [0.2, 0.25) is 0 Å². The van der Waals surface area contributed by atoms with Gasteiger partial charge >= 0.3 is 5.97 Å². The van der Waals surface area contributed by atoms with Crippen LogP contribution in [-0.4, -0.2) is 51.4 Å².